The molecule has 2 rings (SSSR count). The van der Waals surface area contributed by atoms with Gasteiger partial charge in [0.25, 0.3) is 5.91 Å². The fraction of sp³-hybridized carbons (Fsp3) is 0.200. The van der Waals surface area contributed by atoms with Gasteiger partial charge in [-0.15, -0.1) is 0 Å². The van der Waals surface area contributed by atoms with E-state index < -0.39 is 12.5 Å². The second-order valence-corrected chi connectivity index (χ2v) is 5.66. The van der Waals surface area contributed by atoms with E-state index in [1.807, 2.05) is 6.92 Å². The predicted octanol–water partition coefficient (Wildman–Crippen LogP) is 3.84. The number of hydrazone groups is 1. The normalized spacial score (nSPS) is 11.7. The van der Waals surface area contributed by atoms with Gasteiger partial charge in [0, 0.05) is 16.2 Å². The van der Waals surface area contributed by atoms with Crippen molar-refractivity contribution in [3.63, 3.8) is 0 Å². The maximum absolute atomic E-state index is 12.5. The molecule has 8 heteroatoms. The fourth-order valence-corrected chi connectivity index (χ4v) is 2.22. The van der Waals surface area contributed by atoms with Crippen molar-refractivity contribution in [2.45, 2.75) is 20.5 Å². The number of rotatable bonds is 5. The number of carbonyl (C=O) groups is 1. The lowest BCUT2D eigenvalue weighted by molar-refractivity contribution is -0.0499. The number of ether oxygens (including phenoxy) is 1. The van der Waals surface area contributed by atoms with Gasteiger partial charge >= 0.3 is 6.61 Å². The summed E-state index contributed by atoms with van der Waals surface area (Å²) in [6.45, 7) is 0.478. The summed E-state index contributed by atoms with van der Waals surface area (Å²) < 4.78 is 30.1. The first kappa shape index (κ1) is 17.1. The first-order valence-electron chi connectivity index (χ1n) is 6.61. The van der Waals surface area contributed by atoms with Crippen LogP contribution in [0.1, 0.15) is 28.5 Å². The molecule has 23 heavy (non-hydrogen) atoms. The molecule has 0 bridgehead atoms. The highest BCUT2D eigenvalue weighted by molar-refractivity contribution is 9.10. The number of halogens is 3. The average molecular weight is 386 g/mol. The number of H-pyrrole nitrogens is 1. The number of nitrogens with zero attached hydrogens (tertiary/aromatic N) is 1. The van der Waals surface area contributed by atoms with Crippen LogP contribution in [0.15, 0.2) is 40.0 Å². The summed E-state index contributed by atoms with van der Waals surface area (Å²) in [6, 6.07) is 6.36. The van der Waals surface area contributed by atoms with Crippen molar-refractivity contribution < 1.29 is 18.3 Å². The zero-order chi connectivity index (χ0) is 17.0. The Morgan fingerprint density at radius 2 is 2.13 bits per heavy atom. The molecule has 2 N–H and O–H groups in total. The third kappa shape index (κ3) is 4.62. The zero-order valence-corrected chi connectivity index (χ0v) is 13.9. The SMILES string of the molecule is C/C(=N/NC(=O)c1cc(Br)c[nH]1)c1cc(C)ccc1OC(F)F. The number of amides is 1. The molecule has 5 nitrogen and oxygen atoms in total. The summed E-state index contributed by atoms with van der Waals surface area (Å²) in [7, 11) is 0. The van der Waals surface area contributed by atoms with Gasteiger partial charge in [0.1, 0.15) is 11.4 Å². The van der Waals surface area contributed by atoms with Gasteiger partial charge in [0.2, 0.25) is 0 Å². The Labute approximate surface area is 139 Å². The Bertz CT molecular complexity index is 744. The summed E-state index contributed by atoms with van der Waals surface area (Å²) in [5, 5.41) is 3.95. The van der Waals surface area contributed by atoms with Crippen LogP contribution < -0.4 is 10.2 Å². The molecule has 0 aliphatic rings. The van der Waals surface area contributed by atoms with Crippen molar-refractivity contribution in [1.29, 1.82) is 0 Å². The summed E-state index contributed by atoms with van der Waals surface area (Å²) in [4.78, 5) is 14.7. The molecule has 0 fully saturated rings. The monoisotopic (exact) mass is 385 g/mol. The van der Waals surface area contributed by atoms with Crippen molar-refractivity contribution in [2.75, 3.05) is 0 Å². The Kier molecular flexibility index (Phi) is 5.49. The third-order valence-electron chi connectivity index (χ3n) is 2.96. The maximum atomic E-state index is 12.5. The van der Waals surface area contributed by atoms with E-state index in [1.165, 1.54) is 6.07 Å². The second-order valence-electron chi connectivity index (χ2n) is 4.75. The van der Waals surface area contributed by atoms with Crippen LogP contribution >= 0.6 is 15.9 Å². The lowest BCUT2D eigenvalue weighted by Gasteiger charge is -2.11. The molecule has 0 atom stereocenters. The fourth-order valence-electron chi connectivity index (χ4n) is 1.88. The molecule has 0 aliphatic heterocycles. The molecule has 0 unspecified atom stereocenters. The van der Waals surface area contributed by atoms with Crippen LogP contribution in [0.3, 0.4) is 0 Å². The standard InChI is InChI=1S/C15H14BrF2N3O2/c1-8-3-4-13(23-15(17)18)11(5-8)9(2)20-21-14(22)12-6-10(16)7-19-12/h3-7,15,19H,1-2H3,(H,21,22)/b20-9-. The van der Waals surface area contributed by atoms with Gasteiger partial charge in [-0.3, -0.25) is 4.79 Å². The summed E-state index contributed by atoms with van der Waals surface area (Å²) in [5.41, 5.74) is 4.28. The molecule has 1 heterocycles. The van der Waals surface area contributed by atoms with Crippen LogP contribution in [0, 0.1) is 6.92 Å². The highest BCUT2D eigenvalue weighted by Gasteiger charge is 2.13. The van der Waals surface area contributed by atoms with Crippen molar-refractivity contribution in [2.24, 2.45) is 5.10 Å². The summed E-state index contributed by atoms with van der Waals surface area (Å²) >= 11 is 3.22. The molecule has 0 saturated carbocycles. The first-order chi connectivity index (χ1) is 10.9. The lowest BCUT2D eigenvalue weighted by Crippen LogP contribution is -2.20. The number of hydrogen-bond acceptors (Lipinski definition) is 3. The lowest BCUT2D eigenvalue weighted by atomic mass is 10.1. The summed E-state index contributed by atoms with van der Waals surface area (Å²) in [6.07, 6.45) is 1.61. The number of hydrogen-bond donors (Lipinski definition) is 2. The van der Waals surface area contributed by atoms with E-state index in [0.29, 0.717) is 17.0 Å². The van der Waals surface area contributed by atoms with Crippen LogP contribution in [0.2, 0.25) is 0 Å². The second kappa shape index (κ2) is 7.36. The molecule has 0 aliphatic carbocycles. The number of nitrogens with one attached hydrogen (secondary N) is 2. The molecule has 0 radical (unpaired) electrons. The summed E-state index contributed by atoms with van der Waals surface area (Å²) in [5.74, 6) is -0.442. The molecule has 1 aromatic heterocycles. The van der Waals surface area contributed by atoms with Crippen LogP contribution in [0.5, 0.6) is 5.75 Å². The van der Waals surface area contributed by atoms with Crippen LogP contribution in [-0.4, -0.2) is 23.2 Å². The number of aromatic amines is 1. The zero-order valence-electron chi connectivity index (χ0n) is 12.4. The number of aromatic nitrogens is 1. The Balaban J connectivity index is 2.20. The van der Waals surface area contributed by atoms with Crippen molar-refractivity contribution in [3.8, 4) is 5.75 Å². The van der Waals surface area contributed by atoms with Crippen molar-refractivity contribution >= 4 is 27.5 Å². The highest BCUT2D eigenvalue weighted by atomic mass is 79.9. The van der Waals surface area contributed by atoms with Crippen LogP contribution in [0.4, 0.5) is 8.78 Å². The largest absolute Gasteiger partial charge is 0.434 e. The van der Waals surface area contributed by atoms with E-state index in [1.54, 1.807) is 31.3 Å². The molecular formula is C15H14BrF2N3O2. The van der Waals surface area contributed by atoms with Gasteiger partial charge in [-0.05, 0) is 48.0 Å². The molecule has 2 aromatic rings. The van der Waals surface area contributed by atoms with Gasteiger partial charge in [-0.1, -0.05) is 11.6 Å². The molecule has 1 amide bonds. The first-order valence-corrected chi connectivity index (χ1v) is 7.40. The predicted molar refractivity (Wildman–Crippen MR) is 86.0 cm³/mol. The molecule has 1 aromatic carbocycles. The van der Waals surface area contributed by atoms with E-state index >= 15 is 0 Å². The minimum atomic E-state index is -2.94. The number of carbonyl (C=O) groups excluding carboxylic acids is 1. The van der Waals surface area contributed by atoms with Crippen molar-refractivity contribution in [1.82, 2.24) is 10.4 Å². The van der Waals surface area contributed by atoms with Gasteiger partial charge < -0.3 is 9.72 Å². The Morgan fingerprint density at radius 1 is 1.39 bits per heavy atom. The quantitative estimate of drug-likeness (QED) is 0.606. The number of aryl methyl sites for hydroxylation is 1. The Morgan fingerprint density at radius 3 is 2.74 bits per heavy atom. The van der Waals surface area contributed by atoms with Gasteiger partial charge in [0.05, 0.1) is 5.71 Å². The van der Waals surface area contributed by atoms with E-state index in [0.717, 1.165) is 10.0 Å². The molecule has 0 spiro atoms. The van der Waals surface area contributed by atoms with E-state index in [-0.39, 0.29) is 5.75 Å². The van der Waals surface area contributed by atoms with Gasteiger partial charge in [0.15, 0.2) is 0 Å². The molecule has 0 saturated heterocycles. The number of alkyl halides is 2. The minimum absolute atomic E-state index is 0.00344. The van der Waals surface area contributed by atoms with Gasteiger partial charge in [-0.25, -0.2) is 5.43 Å². The van der Waals surface area contributed by atoms with Gasteiger partial charge in [-0.2, -0.15) is 13.9 Å². The highest BCUT2D eigenvalue weighted by Crippen LogP contribution is 2.22. The smallest absolute Gasteiger partial charge is 0.387 e. The van der Waals surface area contributed by atoms with Crippen LogP contribution in [-0.2, 0) is 0 Å². The van der Waals surface area contributed by atoms with E-state index in [2.05, 4.69) is 36.2 Å². The van der Waals surface area contributed by atoms with E-state index in [9.17, 15) is 13.6 Å². The average Bonchev–Trinajstić information content (AvgIpc) is 2.92. The number of benzene rings is 1. The minimum Gasteiger partial charge on any atom is -0.434 e. The van der Waals surface area contributed by atoms with E-state index in [4.69, 9.17) is 0 Å². The molecular weight excluding hydrogens is 372 g/mol. The topological polar surface area (TPSA) is 66.5 Å². The molecule has 122 valence electrons. The third-order valence-corrected chi connectivity index (χ3v) is 3.42. The Hall–Kier alpha value is -2.22. The maximum Gasteiger partial charge on any atom is 0.387 e. The van der Waals surface area contributed by atoms with Crippen LogP contribution in [0.25, 0.3) is 0 Å². The van der Waals surface area contributed by atoms with Crippen molar-refractivity contribution in [3.05, 3.63) is 51.8 Å².